The molecule has 0 saturated heterocycles. The molecule has 1 atom stereocenters. The second-order valence-electron chi connectivity index (χ2n) is 22.3. The minimum absolute atomic E-state index is 0.0960. The lowest BCUT2D eigenvalue weighted by Gasteiger charge is -2.18. The molecule has 0 aliphatic carbocycles. The zero-order valence-electron chi connectivity index (χ0n) is 53.9. The Morgan fingerprint density at radius 1 is 0.253 bits per heavy atom. The fourth-order valence-electron chi connectivity index (χ4n) is 9.23. The molecule has 0 rings (SSSR count). The molecular weight excluding hydrogens is 1020 g/mol. The molecule has 6 nitrogen and oxygen atoms in total. The van der Waals surface area contributed by atoms with Gasteiger partial charge >= 0.3 is 17.9 Å². The lowest BCUT2D eigenvalue weighted by Crippen LogP contribution is -2.30. The zero-order chi connectivity index (χ0) is 59.9. The summed E-state index contributed by atoms with van der Waals surface area (Å²) in [6, 6.07) is 0. The van der Waals surface area contributed by atoms with Gasteiger partial charge in [0, 0.05) is 19.3 Å². The first-order valence-corrected chi connectivity index (χ1v) is 34.3. The molecule has 0 amide bonds. The number of allylic oxidation sites excluding steroid dienone is 24. The van der Waals surface area contributed by atoms with Crippen molar-refractivity contribution < 1.29 is 28.6 Å². The SMILES string of the molecule is CC/C=C\C/C=C\C/C=C\C/C=C\C/C=C\CCCCCCCCCCCC(=O)OCC(COC(=O)CCCCCCCC/C=C\C/C=C\C/C=C\C/C=C\CC)OC(=O)CCCCCCCC/C=C\C/C=C\C/C=C\CCCCCCC. The molecule has 0 aromatic carbocycles. The van der Waals surface area contributed by atoms with E-state index in [1.165, 1.54) is 103 Å². The van der Waals surface area contributed by atoms with Crippen molar-refractivity contribution in [2.24, 2.45) is 0 Å². The van der Waals surface area contributed by atoms with Crippen LogP contribution in [0.25, 0.3) is 0 Å². The number of rotatable bonds is 61. The van der Waals surface area contributed by atoms with E-state index in [0.717, 1.165) is 161 Å². The summed E-state index contributed by atoms with van der Waals surface area (Å²) < 4.78 is 17.0. The third kappa shape index (κ3) is 68.0. The smallest absolute Gasteiger partial charge is 0.306 e. The summed E-state index contributed by atoms with van der Waals surface area (Å²) in [6.45, 7) is 6.39. The Morgan fingerprint density at radius 2 is 0.470 bits per heavy atom. The van der Waals surface area contributed by atoms with E-state index in [1.54, 1.807) is 0 Å². The molecule has 0 radical (unpaired) electrons. The minimum Gasteiger partial charge on any atom is -0.462 e. The molecule has 0 bridgehead atoms. The van der Waals surface area contributed by atoms with E-state index >= 15 is 0 Å². The van der Waals surface area contributed by atoms with Crippen molar-refractivity contribution >= 4 is 17.9 Å². The first-order chi connectivity index (χ1) is 41.0. The van der Waals surface area contributed by atoms with Crippen LogP contribution in [0.2, 0.25) is 0 Å². The number of hydrogen-bond acceptors (Lipinski definition) is 6. The van der Waals surface area contributed by atoms with Crippen LogP contribution in [-0.2, 0) is 28.6 Å². The molecule has 0 aliphatic heterocycles. The monoisotopic (exact) mass is 1150 g/mol. The van der Waals surface area contributed by atoms with Crippen molar-refractivity contribution in [2.45, 2.75) is 309 Å². The van der Waals surface area contributed by atoms with Crippen molar-refractivity contribution in [3.05, 3.63) is 146 Å². The third-order valence-corrected chi connectivity index (χ3v) is 14.3. The number of ether oxygens (including phenoxy) is 3. The molecule has 0 heterocycles. The van der Waals surface area contributed by atoms with Gasteiger partial charge in [-0.2, -0.15) is 0 Å². The van der Waals surface area contributed by atoms with E-state index in [4.69, 9.17) is 14.2 Å². The van der Waals surface area contributed by atoms with Crippen LogP contribution in [0.15, 0.2) is 146 Å². The quantitative estimate of drug-likeness (QED) is 0.0261. The molecular formula is C77H126O6. The summed E-state index contributed by atoms with van der Waals surface area (Å²) in [5.74, 6) is -0.924. The fourth-order valence-corrected chi connectivity index (χ4v) is 9.23. The predicted octanol–water partition coefficient (Wildman–Crippen LogP) is 23.9. The van der Waals surface area contributed by atoms with Crippen LogP contribution in [-0.4, -0.2) is 37.2 Å². The number of carbonyl (C=O) groups excluding carboxylic acids is 3. The van der Waals surface area contributed by atoms with Crippen molar-refractivity contribution in [3.63, 3.8) is 0 Å². The second kappa shape index (κ2) is 69.8. The lowest BCUT2D eigenvalue weighted by molar-refractivity contribution is -0.167. The van der Waals surface area contributed by atoms with Gasteiger partial charge in [-0.3, -0.25) is 14.4 Å². The van der Waals surface area contributed by atoms with Crippen LogP contribution in [0.1, 0.15) is 303 Å². The van der Waals surface area contributed by atoms with Crippen LogP contribution in [0.5, 0.6) is 0 Å². The zero-order valence-corrected chi connectivity index (χ0v) is 53.9. The van der Waals surface area contributed by atoms with Gasteiger partial charge < -0.3 is 14.2 Å². The van der Waals surface area contributed by atoms with Crippen LogP contribution in [0.4, 0.5) is 0 Å². The highest BCUT2D eigenvalue weighted by Crippen LogP contribution is 2.15. The van der Waals surface area contributed by atoms with E-state index in [2.05, 4.69) is 167 Å². The second-order valence-corrected chi connectivity index (χ2v) is 22.3. The molecule has 0 N–H and O–H groups in total. The topological polar surface area (TPSA) is 78.9 Å². The summed E-state index contributed by atoms with van der Waals surface area (Å²) in [5, 5.41) is 0. The molecule has 0 aromatic rings. The maximum Gasteiger partial charge on any atom is 0.306 e. The van der Waals surface area contributed by atoms with Gasteiger partial charge in [0.2, 0.25) is 0 Å². The van der Waals surface area contributed by atoms with Crippen LogP contribution >= 0.6 is 0 Å². The molecule has 0 saturated carbocycles. The van der Waals surface area contributed by atoms with Gasteiger partial charge in [0.1, 0.15) is 13.2 Å². The van der Waals surface area contributed by atoms with Crippen molar-refractivity contribution in [1.82, 2.24) is 0 Å². The molecule has 0 aliphatic rings. The van der Waals surface area contributed by atoms with E-state index in [-0.39, 0.29) is 31.1 Å². The Morgan fingerprint density at radius 3 is 0.735 bits per heavy atom. The Labute approximate surface area is 512 Å². The standard InChI is InChI=1S/C77H126O6/c1-4-7-10-13-16-19-22-25-28-31-34-36-37-38-39-41-43-46-49-52-55-58-61-64-67-70-76(79)82-73-74(72-81-75(78)69-66-63-60-57-54-51-48-45-42-33-30-27-24-21-18-15-12-9-6-3)83-77(80)71-68-65-62-59-56-53-50-47-44-40-35-32-29-26-23-20-17-14-11-8-5-2/h7,9-10,12,16,18-19,21,23,25-28,30,32,34-36,38-39,42,44-45,47,74H,4-6,8,11,13-15,17,20,22,24,29,31,33,37,40-41,43,46,48-73H2,1-3H3/b10-7-,12-9-,19-16-,21-18-,26-23-,28-25-,30-27-,35-32-,36-34-,39-38-,45-42-,47-44-. The number of esters is 3. The lowest BCUT2D eigenvalue weighted by atomic mass is 10.1. The maximum atomic E-state index is 13.0. The predicted molar refractivity (Wildman–Crippen MR) is 362 cm³/mol. The van der Waals surface area contributed by atoms with Gasteiger partial charge in [-0.25, -0.2) is 0 Å². The number of hydrogen-bond donors (Lipinski definition) is 0. The van der Waals surface area contributed by atoms with Crippen molar-refractivity contribution in [1.29, 1.82) is 0 Å². The molecule has 0 spiro atoms. The van der Waals surface area contributed by atoms with Crippen LogP contribution < -0.4 is 0 Å². The molecule has 0 fully saturated rings. The summed E-state index contributed by atoms with van der Waals surface area (Å²) in [4.78, 5) is 38.5. The minimum atomic E-state index is -0.803. The third-order valence-electron chi connectivity index (χ3n) is 14.3. The normalized spacial score (nSPS) is 13.0. The first-order valence-electron chi connectivity index (χ1n) is 34.3. The average Bonchev–Trinajstić information content (AvgIpc) is 3.50. The van der Waals surface area contributed by atoms with Gasteiger partial charge in [0.15, 0.2) is 6.10 Å². The molecule has 83 heavy (non-hydrogen) atoms. The highest BCUT2D eigenvalue weighted by molar-refractivity contribution is 5.71. The maximum absolute atomic E-state index is 13.0. The summed E-state index contributed by atoms with van der Waals surface area (Å²) >= 11 is 0. The average molecular weight is 1150 g/mol. The van der Waals surface area contributed by atoms with Gasteiger partial charge in [0.05, 0.1) is 0 Å². The van der Waals surface area contributed by atoms with Gasteiger partial charge in [-0.05, 0) is 141 Å². The molecule has 6 heteroatoms. The van der Waals surface area contributed by atoms with Gasteiger partial charge in [-0.15, -0.1) is 0 Å². The number of carbonyl (C=O) groups is 3. The fraction of sp³-hybridized carbons (Fsp3) is 0.649. The van der Waals surface area contributed by atoms with Gasteiger partial charge in [-0.1, -0.05) is 289 Å². The highest BCUT2D eigenvalue weighted by Gasteiger charge is 2.19. The Hall–Kier alpha value is -4.71. The molecule has 1 unspecified atom stereocenters. The Bertz CT molecular complexity index is 1800. The largest absolute Gasteiger partial charge is 0.462 e. The van der Waals surface area contributed by atoms with Gasteiger partial charge in [0.25, 0.3) is 0 Å². The summed E-state index contributed by atoms with van der Waals surface area (Å²) in [6.07, 6.45) is 99.9. The van der Waals surface area contributed by atoms with E-state index < -0.39 is 6.10 Å². The highest BCUT2D eigenvalue weighted by atomic mass is 16.6. The van der Waals surface area contributed by atoms with E-state index in [1.807, 2.05) is 0 Å². The van der Waals surface area contributed by atoms with Crippen molar-refractivity contribution in [3.8, 4) is 0 Å². The van der Waals surface area contributed by atoms with Crippen LogP contribution in [0.3, 0.4) is 0 Å². The van der Waals surface area contributed by atoms with Crippen LogP contribution in [0, 0.1) is 0 Å². The first kappa shape index (κ1) is 78.3. The number of unbranched alkanes of at least 4 members (excludes halogenated alkanes) is 26. The Kier molecular flexibility index (Phi) is 65.8. The van der Waals surface area contributed by atoms with E-state index in [0.29, 0.717) is 19.3 Å². The van der Waals surface area contributed by atoms with E-state index in [9.17, 15) is 14.4 Å². The Balaban J connectivity index is 4.46. The summed E-state index contributed by atoms with van der Waals surface area (Å²) in [7, 11) is 0. The molecule has 470 valence electrons. The molecule has 0 aromatic heterocycles. The summed E-state index contributed by atoms with van der Waals surface area (Å²) in [5.41, 5.74) is 0. The van der Waals surface area contributed by atoms with Crippen molar-refractivity contribution in [2.75, 3.05) is 13.2 Å².